The maximum Gasteiger partial charge on any atom is 0.306 e. The maximum atomic E-state index is 12.9. The van der Waals surface area contributed by atoms with Crippen LogP contribution in [0.15, 0.2) is 48.6 Å². The lowest BCUT2D eigenvalue weighted by Gasteiger charge is -2.42. The first-order valence-electron chi connectivity index (χ1n) is 22.7. The number of carbonyl (C=O) groups is 1. The monoisotopic (exact) mass is 857 g/mol. The Morgan fingerprint density at radius 2 is 1.08 bits per heavy atom. The van der Waals surface area contributed by atoms with E-state index in [1.807, 2.05) is 0 Å². The van der Waals surface area contributed by atoms with Gasteiger partial charge in [0.1, 0.15) is 54.9 Å². The number of hydrogen-bond acceptors (Lipinski definition) is 14. The van der Waals surface area contributed by atoms with Crippen molar-refractivity contribution in [1.29, 1.82) is 0 Å². The summed E-state index contributed by atoms with van der Waals surface area (Å²) >= 11 is 0. The van der Waals surface area contributed by atoms with Gasteiger partial charge in [-0.15, -0.1) is 0 Å². The van der Waals surface area contributed by atoms with Crippen LogP contribution in [0.4, 0.5) is 0 Å². The van der Waals surface area contributed by atoms with E-state index in [4.69, 9.17) is 28.4 Å². The average molecular weight is 857 g/mol. The zero-order chi connectivity index (χ0) is 43.8. The van der Waals surface area contributed by atoms with Gasteiger partial charge in [-0.1, -0.05) is 127 Å². The van der Waals surface area contributed by atoms with Gasteiger partial charge in [0.05, 0.1) is 26.4 Å². The molecule has 7 N–H and O–H groups in total. The Morgan fingerprint density at radius 3 is 1.70 bits per heavy atom. The number of aliphatic hydroxyl groups is 7. The van der Waals surface area contributed by atoms with Crippen LogP contribution in [-0.2, 0) is 33.2 Å². The van der Waals surface area contributed by atoms with Crippen LogP contribution >= 0.6 is 0 Å². The van der Waals surface area contributed by atoms with Crippen molar-refractivity contribution in [2.24, 2.45) is 0 Å². The number of hydrogen-bond donors (Lipinski definition) is 7. The summed E-state index contributed by atoms with van der Waals surface area (Å²) in [4.78, 5) is 12.9. The van der Waals surface area contributed by atoms with Crippen LogP contribution in [0.3, 0.4) is 0 Å². The molecular formula is C46H80O14. The van der Waals surface area contributed by atoms with Gasteiger partial charge in [-0.3, -0.25) is 4.79 Å². The molecule has 11 atom stereocenters. The fraction of sp³-hybridized carbons (Fsp3) is 0.804. The minimum absolute atomic E-state index is 0.0483. The van der Waals surface area contributed by atoms with Crippen molar-refractivity contribution >= 4 is 5.97 Å². The van der Waals surface area contributed by atoms with Crippen molar-refractivity contribution in [1.82, 2.24) is 0 Å². The molecule has 0 aromatic rings. The van der Waals surface area contributed by atoms with Crippen molar-refractivity contribution in [2.75, 3.05) is 33.0 Å². The van der Waals surface area contributed by atoms with Crippen LogP contribution in [0.1, 0.15) is 136 Å². The molecule has 0 spiro atoms. The molecule has 348 valence electrons. The zero-order valence-corrected chi connectivity index (χ0v) is 36.4. The third-order valence-corrected chi connectivity index (χ3v) is 10.6. The second-order valence-corrected chi connectivity index (χ2v) is 15.8. The Hall–Kier alpha value is -2.05. The molecule has 0 aromatic heterocycles. The highest BCUT2D eigenvalue weighted by atomic mass is 16.7. The number of unbranched alkanes of at least 4 members (excludes halogenated alkanes) is 12. The molecule has 14 heteroatoms. The molecule has 0 saturated carbocycles. The van der Waals surface area contributed by atoms with Crippen molar-refractivity contribution in [2.45, 2.75) is 203 Å². The Balaban J connectivity index is 1.79. The van der Waals surface area contributed by atoms with E-state index in [0.29, 0.717) is 13.0 Å². The second-order valence-electron chi connectivity index (χ2n) is 15.8. The molecule has 0 radical (unpaired) electrons. The van der Waals surface area contributed by atoms with Gasteiger partial charge in [-0.05, 0) is 51.4 Å². The highest BCUT2D eigenvalue weighted by Gasteiger charge is 2.47. The summed E-state index contributed by atoms with van der Waals surface area (Å²) in [6.45, 7) is 3.46. The van der Waals surface area contributed by atoms with Gasteiger partial charge in [-0.25, -0.2) is 0 Å². The molecule has 0 aromatic carbocycles. The number of esters is 1. The molecule has 2 rings (SSSR count). The van der Waals surface area contributed by atoms with E-state index in [0.717, 1.165) is 83.5 Å². The molecule has 14 nitrogen and oxygen atoms in total. The molecule has 0 bridgehead atoms. The van der Waals surface area contributed by atoms with Crippen molar-refractivity contribution in [3.8, 4) is 0 Å². The first-order chi connectivity index (χ1) is 29.1. The van der Waals surface area contributed by atoms with Crippen molar-refractivity contribution in [3.63, 3.8) is 0 Å². The molecule has 2 saturated heterocycles. The normalized spacial score (nSPS) is 28.1. The van der Waals surface area contributed by atoms with Crippen LogP contribution in [-0.4, -0.2) is 142 Å². The third kappa shape index (κ3) is 22.9. The van der Waals surface area contributed by atoms with Gasteiger partial charge in [-0.2, -0.15) is 0 Å². The van der Waals surface area contributed by atoms with Gasteiger partial charge in [0.15, 0.2) is 12.6 Å². The standard InChI is InChI=1S/C46H80O14/c1-3-5-7-9-11-13-14-15-16-17-18-19-20-21-22-24-26-28-30-55-32-35(58-38(48)29-27-25-23-12-10-8-6-4-2)33-56-45-44(54)42(52)40(50)37(60-45)34-57-46-43(53)41(51)39(49)36(31-47)59-46/h5,7,11,13,15-16,18-19,35-37,39-47,49-54H,3-4,6,8-10,12,14,17,20-34H2,1-2H3/b7-5-,13-11-,16-15-,19-18-. The Labute approximate surface area is 359 Å². The molecule has 2 fully saturated rings. The fourth-order valence-electron chi connectivity index (χ4n) is 6.86. The number of carbonyl (C=O) groups excluding carboxylic acids is 1. The molecule has 0 amide bonds. The van der Waals surface area contributed by atoms with Crippen LogP contribution < -0.4 is 0 Å². The summed E-state index contributed by atoms with van der Waals surface area (Å²) in [5, 5.41) is 71.8. The first kappa shape index (κ1) is 54.1. The Kier molecular flexibility index (Phi) is 31.0. The van der Waals surface area contributed by atoms with E-state index >= 15 is 0 Å². The van der Waals surface area contributed by atoms with E-state index in [2.05, 4.69) is 62.5 Å². The van der Waals surface area contributed by atoms with Gasteiger partial charge < -0.3 is 64.2 Å². The summed E-state index contributed by atoms with van der Waals surface area (Å²) < 4.78 is 34.1. The summed E-state index contributed by atoms with van der Waals surface area (Å²) in [7, 11) is 0. The largest absolute Gasteiger partial charge is 0.457 e. The highest BCUT2D eigenvalue weighted by molar-refractivity contribution is 5.69. The quantitative estimate of drug-likeness (QED) is 0.0251. The van der Waals surface area contributed by atoms with Gasteiger partial charge in [0, 0.05) is 13.0 Å². The minimum atomic E-state index is -1.71. The van der Waals surface area contributed by atoms with Crippen LogP contribution in [0.5, 0.6) is 0 Å². The second kappa shape index (κ2) is 34.4. The predicted molar refractivity (Wildman–Crippen MR) is 229 cm³/mol. The van der Waals surface area contributed by atoms with Gasteiger partial charge >= 0.3 is 5.97 Å². The van der Waals surface area contributed by atoms with Crippen LogP contribution in [0, 0.1) is 0 Å². The number of allylic oxidation sites excluding steroid dienone is 8. The smallest absolute Gasteiger partial charge is 0.306 e. The van der Waals surface area contributed by atoms with Crippen LogP contribution in [0.2, 0.25) is 0 Å². The fourth-order valence-corrected chi connectivity index (χ4v) is 6.86. The lowest BCUT2D eigenvalue weighted by atomic mass is 9.98. The molecule has 2 heterocycles. The van der Waals surface area contributed by atoms with E-state index in [9.17, 15) is 40.5 Å². The van der Waals surface area contributed by atoms with E-state index in [1.165, 1.54) is 25.7 Å². The minimum Gasteiger partial charge on any atom is -0.457 e. The Bertz CT molecular complexity index is 1180. The topological polar surface area (TPSA) is 214 Å². The number of rotatable bonds is 34. The molecule has 0 aliphatic carbocycles. The molecule has 2 aliphatic rings. The third-order valence-electron chi connectivity index (χ3n) is 10.6. The predicted octanol–water partition coefficient (Wildman–Crippen LogP) is 5.23. The lowest BCUT2D eigenvalue weighted by Crippen LogP contribution is -2.61. The Morgan fingerprint density at radius 1 is 0.567 bits per heavy atom. The lowest BCUT2D eigenvalue weighted by molar-refractivity contribution is -0.332. The maximum absolute atomic E-state index is 12.9. The molecule has 2 aliphatic heterocycles. The van der Waals surface area contributed by atoms with Gasteiger partial charge in [0.25, 0.3) is 0 Å². The average Bonchev–Trinajstić information content (AvgIpc) is 3.24. The summed E-state index contributed by atoms with van der Waals surface area (Å²) in [6.07, 6.45) is 20.6. The van der Waals surface area contributed by atoms with E-state index in [1.54, 1.807) is 0 Å². The van der Waals surface area contributed by atoms with Crippen LogP contribution in [0.25, 0.3) is 0 Å². The number of ether oxygens (including phenoxy) is 6. The zero-order valence-electron chi connectivity index (χ0n) is 36.4. The first-order valence-corrected chi connectivity index (χ1v) is 22.7. The summed E-state index contributed by atoms with van der Waals surface area (Å²) in [6, 6.07) is 0. The SMILES string of the molecule is CC/C=C\C/C=C\C/C=C\C/C=C\CCCCCCCOCC(COC1OC(COC2OC(CO)C(O)C(O)C2O)C(O)C(O)C1O)OC(=O)CCCCCCCCCC. The summed E-state index contributed by atoms with van der Waals surface area (Å²) in [5.74, 6) is -0.391. The molecular weight excluding hydrogens is 776 g/mol. The molecule has 11 unspecified atom stereocenters. The van der Waals surface area contributed by atoms with Gasteiger partial charge in [0.2, 0.25) is 0 Å². The molecule has 60 heavy (non-hydrogen) atoms. The van der Waals surface area contributed by atoms with E-state index < -0.39 is 86.7 Å². The van der Waals surface area contributed by atoms with E-state index in [-0.39, 0.29) is 19.6 Å². The summed E-state index contributed by atoms with van der Waals surface area (Å²) in [5.41, 5.74) is 0. The highest BCUT2D eigenvalue weighted by Crippen LogP contribution is 2.26. The number of aliphatic hydroxyl groups excluding tert-OH is 7. The van der Waals surface area contributed by atoms with Crippen molar-refractivity contribution in [3.05, 3.63) is 48.6 Å². The van der Waals surface area contributed by atoms with Crippen molar-refractivity contribution < 1.29 is 69.0 Å².